The first-order valence-corrected chi connectivity index (χ1v) is 3.88. The lowest BCUT2D eigenvalue weighted by atomic mass is 10.7. The minimum Gasteiger partial charge on any atom is -0.159 e. The van der Waals surface area contributed by atoms with E-state index in [4.69, 9.17) is 0 Å². The smallest absolute Gasteiger partial charge is 0.159 e. The molecule has 0 saturated heterocycles. The van der Waals surface area contributed by atoms with Crippen LogP contribution in [0.1, 0.15) is 0 Å². The van der Waals surface area contributed by atoms with E-state index in [0.717, 1.165) is 11.8 Å². The van der Waals surface area contributed by atoms with Crippen molar-refractivity contribution in [1.82, 2.24) is 0 Å². The number of alkyl halides is 4. The van der Waals surface area contributed by atoms with Crippen molar-refractivity contribution in [3.8, 4) is 24.7 Å². The van der Waals surface area contributed by atoms with Gasteiger partial charge in [0.2, 0.25) is 0 Å². The van der Waals surface area contributed by atoms with Crippen molar-refractivity contribution in [1.29, 1.82) is 0 Å². The summed E-state index contributed by atoms with van der Waals surface area (Å²) < 4.78 is 64.9. The Morgan fingerprint density at radius 1 is 1.00 bits per heavy atom. The van der Waals surface area contributed by atoms with Crippen molar-refractivity contribution >= 4 is 8.25 Å². The Hall–Kier alpha value is -1.14. The van der Waals surface area contributed by atoms with Crippen LogP contribution in [-0.2, 0) is 13.6 Å². The molecule has 0 aliphatic rings. The first kappa shape index (κ1) is 12.9. The number of hydrogen-bond acceptors (Lipinski definition) is 3. The van der Waals surface area contributed by atoms with Crippen molar-refractivity contribution in [3.05, 3.63) is 0 Å². The maximum atomic E-state index is 12.1. The lowest BCUT2D eigenvalue weighted by molar-refractivity contribution is -0.159. The van der Waals surface area contributed by atoms with Crippen molar-refractivity contribution in [3.63, 3.8) is 0 Å². The maximum absolute atomic E-state index is 12.1. The number of hydrogen-bond donors (Lipinski definition) is 0. The van der Waals surface area contributed by atoms with Crippen LogP contribution in [0.4, 0.5) is 17.6 Å². The van der Waals surface area contributed by atoms with Gasteiger partial charge in [-0.05, 0) is 9.05 Å². The molecule has 0 aromatic rings. The van der Waals surface area contributed by atoms with Gasteiger partial charge in [0.1, 0.15) is 0 Å². The molecule has 0 radical (unpaired) electrons. The first-order chi connectivity index (χ1) is 6.22. The summed E-state index contributed by atoms with van der Waals surface area (Å²) in [7, 11) is -3.80. The molecule has 0 amide bonds. The Morgan fingerprint density at radius 3 is 1.50 bits per heavy atom. The third-order valence-corrected chi connectivity index (χ3v) is 1.47. The monoisotopic (exact) mass is 229 g/mol. The average Bonchev–Trinajstić information content (AvgIpc) is 2.02. The highest BCUT2D eigenvalue weighted by Gasteiger charge is 2.48. The summed E-state index contributed by atoms with van der Waals surface area (Å²) >= 11 is 0. The lowest BCUT2D eigenvalue weighted by Crippen LogP contribution is -2.18. The molecule has 0 aliphatic heterocycles. The van der Waals surface area contributed by atoms with Crippen molar-refractivity contribution in [2.24, 2.45) is 0 Å². The Labute approximate surface area is 77.3 Å². The second kappa shape index (κ2) is 4.39. The minimum absolute atomic E-state index is 0.760. The number of rotatable bonds is 4. The normalized spacial score (nSPS) is 11.6. The third kappa shape index (κ3) is 4.78. The summed E-state index contributed by atoms with van der Waals surface area (Å²) in [5, 5.41) is 0. The molecule has 0 atom stereocenters. The molecule has 14 heavy (non-hydrogen) atoms. The molecule has 8 heteroatoms. The van der Waals surface area contributed by atoms with Gasteiger partial charge in [0.15, 0.2) is 0 Å². The summed E-state index contributed by atoms with van der Waals surface area (Å²) in [4.78, 5) is 0. The quantitative estimate of drug-likeness (QED) is 0.420. The zero-order valence-corrected chi connectivity index (χ0v) is 7.23. The van der Waals surface area contributed by atoms with Crippen LogP contribution in [0.5, 0.6) is 0 Å². The van der Waals surface area contributed by atoms with Gasteiger partial charge in [0, 0.05) is 16.4 Å². The van der Waals surface area contributed by atoms with Crippen molar-refractivity contribution in [2.75, 3.05) is 0 Å². The van der Waals surface area contributed by atoms with Crippen LogP contribution in [0.2, 0.25) is 0 Å². The molecule has 3 nitrogen and oxygen atoms in total. The molecule has 0 rings (SSSR count). The van der Waals surface area contributed by atoms with E-state index in [-0.39, 0.29) is 0 Å². The zero-order chi connectivity index (χ0) is 11.4. The van der Waals surface area contributed by atoms with Gasteiger partial charge in [0.05, 0.1) is 0 Å². The molecule has 0 heterocycles. The van der Waals surface area contributed by atoms with Gasteiger partial charge in [-0.1, -0.05) is 0 Å². The molecule has 0 aliphatic carbocycles. The van der Waals surface area contributed by atoms with Gasteiger partial charge in [-0.15, -0.1) is 12.8 Å². The predicted molar refractivity (Wildman–Crippen MR) is 37.3 cm³/mol. The van der Waals surface area contributed by atoms with Crippen LogP contribution in [-0.4, -0.2) is 12.2 Å². The van der Waals surface area contributed by atoms with E-state index in [1.54, 1.807) is 0 Å². The summed E-state index contributed by atoms with van der Waals surface area (Å²) in [6, 6.07) is 0. The highest BCUT2D eigenvalue weighted by atomic mass is 31.1. The molecule has 0 bridgehead atoms. The van der Waals surface area contributed by atoms with E-state index in [9.17, 15) is 22.1 Å². The fraction of sp³-hybridized carbons (Fsp3) is 0.333. The second-order valence-corrected chi connectivity index (χ2v) is 2.54. The molecule has 0 unspecified atom stereocenters. The van der Waals surface area contributed by atoms with E-state index < -0.39 is 20.5 Å². The number of halogens is 4. The SMILES string of the molecule is C#CC(F)(F)O[P+](=O)OC(F)(F)C#C. The molecular weight excluding hydrogens is 227 g/mol. The van der Waals surface area contributed by atoms with E-state index >= 15 is 0 Å². The van der Waals surface area contributed by atoms with Gasteiger partial charge in [-0.2, -0.15) is 17.6 Å². The van der Waals surface area contributed by atoms with Gasteiger partial charge in [0.25, 0.3) is 0 Å². The molecule has 0 saturated carbocycles. The topological polar surface area (TPSA) is 35.5 Å². The zero-order valence-electron chi connectivity index (χ0n) is 6.34. The second-order valence-electron chi connectivity index (χ2n) is 1.73. The molecule has 0 fully saturated rings. The molecule has 0 N–H and O–H groups in total. The Bertz CT molecular complexity index is 284. The molecule has 0 aromatic carbocycles. The fourth-order valence-electron chi connectivity index (χ4n) is 0.259. The fourth-order valence-corrected chi connectivity index (χ4v) is 0.776. The van der Waals surface area contributed by atoms with Crippen LogP contribution in [0, 0.1) is 24.7 Å². The van der Waals surface area contributed by atoms with Crippen LogP contribution < -0.4 is 0 Å². The standard InChI is InChI=1S/C6H2F4O3P/c1-3-5(7,8)12-14(11)13-6(9,10)4-2/h1-2H/q+1. The molecule has 0 aromatic heterocycles. The summed E-state index contributed by atoms with van der Waals surface area (Å²) in [6.45, 7) is 0. The summed E-state index contributed by atoms with van der Waals surface area (Å²) in [6.07, 6.45) is -0.0758. The largest absolute Gasteiger partial charge is 0.711 e. The van der Waals surface area contributed by atoms with E-state index in [1.165, 1.54) is 0 Å². The molecule has 76 valence electrons. The van der Waals surface area contributed by atoms with Crippen molar-refractivity contribution < 1.29 is 31.2 Å². The van der Waals surface area contributed by atoms with Crippen LogP contribution in [0.3, 0.4) is 0 Å². The highest BCUT2D eigenvalue weighted by Crippen LogP contribution is 2.38. The lowest BCUT2D eigenvalue weighted by Gasteiger charge is -2.01. The van der Waals surface area contributed by atoms with Gasteiger partial charge < -0.3 is 0 Å². The summed E-state index contributed by atoms with van der Waals surface area (Å²) in [5.74, 6) is 1.52. The van der Waals surface area contributed by atoms with Crippen LogP contribution in [0.15, 0.2) is 0 Å². The Morgan fingerprint density at radius 2 is 1.29 bits per heavy atom. The van der Waals surface area contributed by atoms with E-state index in [0.29, 0.717) is 0 Å². The van der Waals surface area contributed by atoms with Gasteiger partial charge in [-0.3, -0.25) is 0 Å². The van der Waals surface area contributed by atoms with Crippen molar-refractivity contribution in [2.45, 2.75) is 12.2 Å². The number of terminal acetylenes is 2. The minimum atomic E-state index is -4.25. The average molecular weight is 229 g/mol. The Kier molecular flexibility index (Phi) is 4.03. The van der Waals surface area contributed by atoms with Gasteiger partial charge in [-0.25, -0.2) is 0 Å². The molecule has 0 spiro atoms. The Balaban J connectivity index is 4.30. The first-order valence-electron chi connectivity index (χ1n) is 2.79. The van der Waals surface area contributed by atoms with Gasteiger partial charge >= 0.3 is 20.5 Å². The van der Waals surface area contributed by atoms with Crippen LogP contribution >= 0.6 is 8.25 Å². The highest BCUT2D eigenvalue weighted by molar-refractivity contribution is 7.33. The van der Waals surface area contributed by atoms with Crippen LogP contribution in [0.25, 0.3) is 0 Å². The van der Waals surface area contributed by atoms with E-state index in [2.05, 4.69) is 21.9 Å². The van der Waals surface area contributed by atoms with E-state index in [1.807, 2.05) is 0 Å². The summed E-state index contributed by atoms with van der Waals surface area (Å²) in [5.41, 5.74) is 0. The maximum Gasteiger partial charge on any atom is 0.711 e. The predicted octanol–water partition coefficient (Wildman–Crippen LogP) is 2.13. The third-order valence-electron chi connectivity index (χ3n) is 0.714. The molecular formula is C6H2F4O3P+.